The molecule has 0 saturated carbocycles. The highest BCUT2D eigenvalue weighted by atomic mass is 79.9. The van der Waals surface area contributed by atoms with Crippen molar-refractivity contribution in [1.82, 2.24) is 5.32 Å². The maximum Gasteiger partial charge on any atom is 0.264 e. The molecule has 2 aliphatic rings. The van der Waals surface area contributed by atoms with Gasteiger partial charge in [-0.2, -0.15) is 0 Å². The van der Waals surface area contributed by atoms with Gasteiger partial charge < -0.3 is 14.6 Å². The van der Waals surface area contributed by atoms with E-state index in [1.807, 2.05) is 6.07 Å². The van der Waals surface area contributed by atoms with Gasteiger partial charge in [-0.15, -0.1) is 0 Å². The van der Waals surface area contributed by atoms with Crippen molar-refractivity contribution >= 4 is 68.0 Å². The van der Waals surface area contributed by atoms with Gasteiger partial charge in [-0.25, -0.2) is 4.99 Å². The molecule has 0 aliphatic carbocycles. The molecule has 134 valence electrons. The fourth-order valence-corrected chi connectivity index (χ4v) is 4.33. The smallest absolute Gasteiger partial charge is 0.264 e. The normalized spacial score (nSPS) is 20.4. The maximum absolute atomic E-state index is 12.2. The Balaban J connectivity index is 1.53. The Labute approximate surface area is 168 Å². The molecule has 2 aliphatic heterocycles. The fourth-order valence-electron chi connectivity index (χ4n) is 2.83. The molecule has 1 amide bonds. The van der Waals surface area contributed by atoms with Crippen molar-refractivity contribution < 1.29 is 9.21 Å². The minimum atomic E-state index is -0.182. The van der Waals surface area contributed by atoms with E-state index in [4.69, 9.17) is 16.0 Å². The van der Waals surface area contributed by atoms with Gasteiger partial charge in [0, 0.05) is 30.3 Å². The summed E-state index contributed by atoms with van der Waals surface area (Å²) >= 11 is 10.7. The highest BCUT2D eigenvalue weighted by Crippen LogP contribution is 2.35. The Morgan fingerprint density at radius 1 is 1.27 bits per heavy atom. The number of thioether (sulfide) groups is 1. The van der Waals surface area contributed by atoms with Gasteiger partial charge in [-0.1, -0.05) is 11.6 Å². The van der Waals surface area contributed by atoms with Crippen LogP contribution in [0, 0.1) is 0 Å². The van der Waals surface area contributed by atoms with Gasteiger partial charge in [0.25, 0.3) is 5.91 Å². The monoisotopic (exact) mass is 451 g/mol. The van der Waals surface area contributed by atoms with Crippen molar-refractivity contribution in [3.05, 3.63) is 50.5 Å². The van der Waals surface area contributed by atoms with E-state index in [9.17, 15) is 4.79 Å². The molecule has 26 heavy (non-hydrogen) atoms. The van der Waals surface area contributed by atoms with Crippen LogP contribution in [0.1, 0.15) is 18.6 Å². The second-order valence-corrected chi connectivity index (χ2v) is 8.28. The second-order valence-electron chi connectivity index (χ2n) is 5.95. The van der Waals surface area contributed by atoms with Crippen LogP contribution in [0.5, 0.6) is 0 Å². The van der Waals surface area contributed by atoms with Crippen molar-refractivity contribution in [3.63, 3.8) is 0 Å². The zero-order chi connectivity index (χ0) is 18.1. The van der Waals surface area contributed by atoms with Crippen LogP contribution < -0.4 is 10.2 Å². The Morgan fingerprint density at radius 2 is 2.00 bits per heavy atom. The molecule has 1 N–H and O–H groups in total. The van der Waals surface area contributed by atoms with Gasteiger partial charge in [0.05, 0.1) is 15.1 Å². The third-order valence-electron chi connectivity index (χ3n) is 4.06. The lowest BCUT2D eigenvalue weighted by Crippen LogP contribution is -2.19. The minimum Gasteiger partial charge on any atom is -0.440 e. The van der Waals surface area contributed by atoms with Crippen LogP contribution in [-0.4, -0.2) is 24.2 Å². The predicted molar refractivity (Wildman–Crippen MR) is 110 cm³/mol. The molecule has 2 fully saturated rings. The lowest BCUT2D eigenvalue weighted by atomic mass is 10.3. The first-order valence-corrected chi connectivity index (χ1v) is 10.2. The maximum atomic E-state index is 12.2. The molecule has 2 saturated heterocycles. The van der Waals surface area contributed by atoms with E-state index in [0.29, 0.717) is 20.9 Å². The fraction of sp³-hybridized carbons (Fsp3) is 0.222. The quantitative estimate of drug-likeness (QED) is 0.651. The van der Waals surface area contributed by atoms with Crippen LogP contribution in [0.4, 0.5) is 11.6 Å². The van der Waals surface area contributed by atoms with Gasteiger partial charge in [-0.3, -0.25) is 4.79 Å². The number of aliphatic imine (C=N–C) groups is 1. The molecule has 1 aromatic heterocycles. The molecule has 4 rings (SSSR count). The number of furan rings is 1. The van der Waals surface area contributed by atoms with E-state index in [-0.39, 0.29) is 5.91 Å². The van der Waals surface area contributed by atoms with Crippen molar-refractivity contribution in [2.24, 2.45) is 4.99 Å². The zero-order valence-electron chi connectivity index (χ0n) is 13.7. The van der Waals surface area contributed by atoms with Crippen LogP contribution in [0.2, 0.25) is 5.02 Å². The van der Waals surface area contributed by atoms with Crippen LogP contribution >= 0.6 is 39.3 Å². The predicted octanol–water partition coefficient (Wildman–Crippen LogP) is 5.19. The van der Waals surface area contributed by atoms with Crippen molar-refractivity contribution in [2.75, 3.05) is 18.0 Å². The molecule has 2 aromatic rings. The topological polar surface area (TPSA) is 57.8 Å². The molecule has 0 spiro atoms. The Kier molecular flexibility index (Phi) is 5.11. The number of rotatable bonds is 3. The molecular weight excluding hydrogens is 438 g/mol. The third kappa shape index (κ3) is 3.84. The number of amidine groups is 1. The van der Waals surface area contributed by atoms with E-state index < -0.39 is 0 Å². The highest BCUT2D eigenvalue weighted by molar-refractivity contribution is 9.10. The van der Waals surface area contributed by atoms with Crippen molar-refractivity contribution in [3.8, 4) is 0 Å². The number of hydrogen-bond acceptors (Lipinski definition) is 5. The van der Waals surface area contributed by atoms with E-state index in [2.05, 4.69) is 31.1 Å². The lowest BCUT2D eigenvalue weighted by molar-refractivity contribution is -0.115. The molecule has 1 aromatic carbocycles. The number of carbonyl (C=O) groups excluding carboxylic acids is 1. The molecule has 0 unspecified atom stereocenters. The molecule has 5 nitrogen and oxygen atoms in total. The molecule has 8 heteroatoms. The van der Waals surface area contributed by atoms with Crippen LogP contribution in [0.15, 0.2) is 49.1 Å². The Morgan fingerprint density at radius 3 is 2.73 bits per heavy atom. The van der Waals surface area contributed by atoms with Crippen LogP contribution in [0.3, 0.4) is 0 Å². The van der Waals surface area contributed by atoms with Crippen LogP contribution in [-0.2, 0) is 4.79 Å². The molecular formula is C18H15BrClN3O2S. The third-order valence-corrected chi connectivity index (χ3v) is 5.79. The second kappa shape index (κ2) is 7.50. The number of amides is 1. The van der Waals surface area contributed by atoms with E-state index >= 15 is 0 Å². The number of halogens is 2. The summed E-state index contributed by atoms with van der Waals surface area (Å²) < 4.78 is 6.84. The summed E-state index contributed by atoms with van der Waals surface area (Å²) in [6, 6.07) is 9.02. The summed E-state index contributed by atoms with van der Waals surface area (Å²) in [4.78, 5) is 19.4. The molecule has 0 atom stereocenters. The first-order chi connectivity index (χ1) is 12.6. The first-order valence-electron chi connectivity index (χ1n) is 8.18. The summed E-state index contributed by atoms with van der Waals surface area (Å²) in [5, 5.41) is 3.96. The van der Waals surface area contributed by atoms with E-state index in [0.717, 1.165) is 29.1 Å². The number of anilines is 1. The van der Waals surface area contributed by atoms with Gasteiger partial charge in [0.2, 0.25) is 5.88 Å². The SMILES string of the molecule is O=C1NC(=Nc2ccc(Cl)cc2)S/C1=C\c1cc(Br)c(N2CCCC2)o1. The first kappa shape index (κ1) is 17.7. The Bertz CT molecular complexity index is 902. The molecule has 0 bridgehead atoms. The highest BCUT2D eigenvalue weighted by Gasteiger charge is 2.25. The number of nitrogens with zero attached hydrogens (tertiary/aromatic N) is 2. The van der Waals surface area contributed by atoms with Crippen LogP contribution in [0.25, 0.3) is 6.08 Å². The summed E-state index contributed by atoms with van der Waals surface area (Å²) in [6.07, 6.45) is 4.09. The number of hydrogen-bond donors (Lipinski definition) is 1. The lowest BCUT2D eigenvalue weighted by Gasteiger charge is -2.13. The summed E-state index contributed by atoms with van der Waals surface area (Å²) in [7, 11) is 0. The largest absolute Gasteiger partial charge is 0.440 e. The average molecular weight is 453 g/mol. The number of carbonyl (C=O) groups is 1. The van der Waals surface area contributed by atoms with Gasteiger partial charge in [0.1, 0.15) is 5.76 Å². The Hall–Kier alpha value is -1.70. The van der Waals surface area contributed by atoms with Gasteiger partial charge in [-0.05, 0) is 64.8 Å². The number of benzene rings is 1. The van der Waals surface area contributed by atoms with Gasteiger partial charge >= 0.3 is 0 Å². The van der Waals surface area contributed by atoms with Crippen molar-refractivity contribution in [2.45, 2.75) is 12.8 Å². The standard InChI is InChI=1S/C18H15BrClN3O2S/c19-14-9-13(25-17(14)23-7-1-2-8-23)10-15-16(24)22-18(26-15)21-12-5-3-11(20)4-6-12/h3-6,9-10H,1-2,7-8H2,(H,21,22,24)/b15-10-. The van der Waals surface area contributed by atoms with E-state index in [1.165, 1.54) is 24.6 Å². The van der Waals surface area contributed by atoms with Gasteiger partial charge in [0.15, 0.2) is 5.17 Å². The summed E-state index contributed by atoms with van der Waals surface area (Å²) in [5.41, 5.74) is 0.732. The summed E-state index contributed by atoms with van der Waals surface area (Å²) in [6.45, 7) is 1.99. The van der Waals surface area contributed by atoms with E-state index in [1.54, 1.807) is 30.3 Å². The average Bonchev–Trinajstić information content (AvgIpc) is 3.32. The zero-order valence-corrected chi connectivity index (χ0v) is 16.8. The minimum absolute atomic E-state index is 0.182. The summed E-state index contributed by atoms with van der Waals surface area (Å²) in [5.74, 6) is 1.29. The van der Waals surface area contributed by atoms with Crippen molar-refractivity contribution in [1.29, 1.82) is 0 Å². The molecule has 0 radical (unpaired) electrons. The molecule has 3 heterocycles. The number of nitrogens with one attached hydrogen (secondary N) is 1.